The molecular weight excluding hydrogens is 429 g/mol. The number of rotatable bonds is 9. The standard InChI is InChI=1S/C21H25F3N4O2S/c1-2-3-12-28(19(30)15-5-4-6-15)13-11-17(29)25-20-27-26-18(31-20)14-7-9-16(10-8-14)21(22,23)24/h7-10,15H,2-6,11-13H2,1H3,(H,25,27,29). The van der Waals surface area contributed by atoms with E-state index in [9.17, 15) is 22.8 Å². The molecule has 1 aromatic carbocycles. The molecule has 168 valence electrons. The van der Waals surface area contributed by atoms with Gasteiger partial charge < -0.3 is 10.2 Å². The third-order valence-electron chi connectivity index (χ3n) is 5.29. The van der Waals surface area contributed by atoms with Crippen LogP contribution in [0.1, 0.15) is 51.0 Å². The predicted octanol–water partition coefficient (Wildman–Crippen LogP) is 4.98. The van der Waals surface area contributed by atoms with E-state index in [0.717, 1.165) is 55.6 Å². The number of anilines is 1. The fourth-order valence-electron chi connectivity index (χ4n) is 3.21. The Hall–Kier alpha value is -2.49. The lowest BCUT2D eigenvalue weighted by Crippen LogP contribution is -2.41. The van der Waals surface area contributed by atoms with Gasteiger partial charge in [-0.15, -0.1) is 10.2 Å². The summed E-state index contributed by atoms with van der Waals surface area (Å²) in [5.74, 6) is -0.0552. The van der Waals surface area contributed by atoms with Crippen molar-refractivity contribution in [3.8, 4) is 10.6 Å². The fourth-order valence-corrected chi connectivity index (χ4v) is 3.97. The lowest BCUT2D eigenvalue weighted by atomic mass is 9.84. The highest BCUT2D eigenvalue weighted by molar-refractivity contribution is 7.18. The van der Waals surface area contributed by atoms with Crippen molar-refractivity contribution in [2.45, 2.75) is 51.6 Å². The largest absolute Gasteiger partial charge is 0.416 e. The van der Waals surface area contributed by atoms with Gasteiger partial charge in [-0.25, -0.2) is 0 Å². The average molecular weight is 455 g/mol. The number of alkyl halides is 3. The number of amides is 2. The summed E-state index contributed by atoms with van der Waals surface area (Å²) in [6, 6.07) is 4.62. The van der Waals surface area contributed by atoms with Crippen molar-refractivity contribution in [3.05, 3.63) is 29.8 Å². The van der Waals surface area contributed by atoms with Crippen LogP contribution in [0.3, 0.4) is 0 Å². The number of unbranched alkanes of at least 4 members (excludes halogenated alkanes) is 1. The molecule has 1 N–H and O–H groups in total. The Morgan fingerprint density at radius 2 is 1.87 bits per heavy atom. The minimum Gasteiger partial charge on any atom is -0.342 e. The average Bonchev–Trinajstić information content (AvgIpc) is 3.14. The zero-order chi connectivity index (χ0) is 22.4. The van der Waals surface area contributed by atoms with Crippen molar-refractivity contribution in [1.29, 1.82) is 0 Å². The second kappa shape index (κ2) is 10.2. The van der Waals surface area contributed by atoms with Gasteiger partial charge in [0.25, 0.3) is 0 Å². The predicted molar refractivity (Wildman–Crippen MR) is 112 cm³/mol. The van der Waals surface area contributed by atoms with E-state index >= 15 is 0 Å². The first-order chi connectivity index (χ1) is 14.8. The van der Waals surface area contributed by atoms with E-state index in [4.69, 9.17) is 0 Å². The number of hydrogen-bond donors (Lipinski definition) is 1. The minimum atomic E-state index is -4.40. The summed E-state index contributed by atoms with van der Waals surface area (Å²) in [5.41, 5.74) is -0.249. The van der Waals surface area contributed by atoms with Gasteiger partial charge >= 0.3 is 6.18 Å². The van der Waals surface area contributed by atoms with Crippen LogP contribution in [-0.2, 0) is 15.8 Å². The van der Waals surface area contributed by atoms with Gasteiger partial charge in [-0.3, -0.25) is 9.59 Å². The van der Waals surface area contributed by atoms with Crippen LogP contribution in [0.15, 0.2) is 24.3 Å². The molecule has 2 aromatic rings. The molecule has 1 heterocycles. The zero-order valence-electron chi connectivity index (χ0n) is 17.2. The second-order valence-corrected chi connectivity index (χ2v) is 8.57. The molecule has 10 heteroatoms. The number of halogens is 3. The van der Waals surface area contributed by atoms with Crippen LogP contribution in [0, 0.1) is 5.92 Å². The molecule has 0 bridgehead atoms. The molecule has 0 radical (unpaired) electrons. The SMILES string of the molecule is CCCCN(CCC(=O)Nc1nnc(-c2ccc(C(F)(F)F)cc2)s1)C(=O)C1CCC1. The van der Waals surface area contributed by atoms with Gasteiger partial charge in [-0.05, 0) is 31.4 Å². The number of carbonyl (C=O) groups excluding carboxylic acids is 2. The molecule has 31 heavy (non-hydrogen) atoms. The van der Waals surface area contributed by atoms with Crippen molar-refractivity contribution in [2.75, 3.05) is 18.4 Å². The molecule has 1 fully saturated rings. The number of aromatic nitrogens is 2. The summed E-state index contributed by atoms with van der Waals surface area (Å²) in [5, 5.41) is 11.2. The van der Waals surface area contributed by atoms with Gasteiger partial charge in [-0.2, -0.15) is 13.2 Å². The molecule has 0 aliphatic heterocycles. The maximum absolute atomic E-state index is 12.7. The van der Waals surface area contributed by atoms with Crippen molar-refractivity contribution in [2.24, 2.45) is 5.92 Å². The monoisotopic (exact) mass is 454 g/mol. The first-order valence-electron chi connectivity index (χ1n) is 10.4. The normalized spacial score (nSPS) is 14.2. The minimum absolute atomic E-state index is 0.0920. The summed E-state index contributed by atoms with van der Waals surface area (Å²) >= 11 is 1.08. The van der Waals surface area contributed by atoms with E-state index in [1.807, 2.05) is 0 Å². The summed E-state index contributed by atoms with van der Waals surface area (Å²) in [4.78, 5) is 26.7. The first kappa shape index (κ1) is 23.2. The Balaban J connectivity index is 1.54. The quantitative estimate of drug-likeness (QED) is 0.580. The van der Waals surface area contributed by atoms with Gasteiger partial charge in [0, 0.05) is 31.0 Å². The first-order valence-corrected chi connectivity index (χ1v) is 11.2. The van der Waals surface area contributed by atoms with Crippen molar-refractivity contribution < 1.29 is 22.8 Å². The molecule has 1 aliphatic rings. The summed E-state index contributed by atoms with van der Waals surface area (Å²) < 4.78 is 38.1. The molecule has 1 aliphatic carbocycles. The van der Waals surface area contributed by atoms with Crippen LogP contribution in [0.2, 0.25) is 0 Å². The molecule has 0 atom stereocenters. The summed E-state index contributed by atoms with van der Waals surface area (Å²) in [6.07, 6.45) is 0.541. The Morgan fingerprint density at radius 3 is 2.45 bits per heavy atom. The van der Waals surface area contributed by atoms with Crippen molar-refractivity contribution in [3.63, 3.8) is 0 Å². The lowest BCUT2D eigenvalue weighted by Gasteiger charge is -2.31. The van der Waals surface area contributed by atoms with Crippen LogP contribution < -0.4 is 5.32 Å². The molecule has 0 spiro atoms. The molecule has 1 saturated carbocycles. The Morgan fingerprint density at radius 1 is 1.16 bits per heavy atom. The molecule has 0 unspecified atom stereocenters. The van der Waals surface area contributed by atoms with Gasteiger partial charge in [-0.1, -0.05) is 43.2 Å². The van der Waals surface area contributed by atoms with Gasteiger partial charge in [0.05, 0.1) is 5.56 Å². The molecule has 3 rings (SSSR count). The molecule has 1 aromatic heterocycles. The van der Waals surface area contributed by atoms with Crippen molar-refractivity contribution in [1.82, 2.24) is 15.1 Å². The third kappa shape index (κ3) is 6.25. The van der Waals surface area contributed by atoms with E-state index in [1.54, 1.807) is 4.90 Å². The highest BCUT2D eigenvalue weighted by Crippen LogP contribution is 2.32. The van der Waals surface area contributed by atoms with Crippen LogP contribution in [0.5, 0.6) is 0 Å². The summed E-state index contributed by atoms with van der Waals surface area (Å²) in [7, 11) is 0. The van der Waals surface area contributed by atoms with Gasteiger partial charge in [0.15, 0.2) is 0 Å². The van der Waals surface area contributed by atoms with Crippen LogP contribution in [0.25, 0.3) is 10.6 Å². The Kier molecular flexibility index (Phi) is 7.64. The number of carbonyl (C=O) groups is 2. The fraction of sp³-hybridized carbons (Fsp3) is 0.524. The summed E-state index contributed by atoms with van der Waals surface area (Å²) in [6.45, 7) is 3.06. The number of benzene rings is 1. The van der Waals surface area contributed by atoms with Gasteiger partial charge in [0.1, 0.15) is 5.01 Å². The number of nitrogens with one attached hydrogen (secondary N) is 1. The molecule has 6 nitrogen and oxygen atoms in total. The zero-order valence-corrected chi connectivity index (χ0v) is 18.1. The third-order valence-corrected chi connectivity index (χ3v) is 6.17. The molecule has 2 amide bonds. The molecule has 0 saturated heterocycles. The van der Waals surface area contributed by atoms with E-state index < -0.39 is 11.7 Å². The van der Waals surface area contributed by atoms with E-state index in [1.165, 1.54) is 12.1 Å². The van der Waals surface area contributed by atoms with E-state index in [2.05, 4.69) is 22.4 Å². The highest BCUT2D eigenvalue weighted by Gasteiger charge is 2.30. The number of hydrogen-bond acceptors (Lipinski definition) is 5. The second-order valence-electron chi connectivity index (χ2n) is 7.59. The molecular formula is C21H25F3N4O2S. The highest BCUT2D eigenvalue weighted by atomic mass is 32.1. The van der Waals surface area contributed by atoms with Crippen molar-refractivity contribution >= 4 is 28.3 Å². The Labute approximate surface area is 182 Å². The van der Waals surface area contributed by atoms with Crippen LogP contribution in [-0.4, -0.2) is 40.0 Å². The maximum atomic E-state index is 12.7. The maximum Gasteiger partial charge on any atom is 0.416 e. The smallest absolute Gasteiger partial charge is 0.342 e. The Bertz CT molecular complexity index is 895. The lowest BCUT2D eigenvalue weighted by molar-refractivity contribution is -0.139. The topological polar surface area (TPSA) is 75.2 Å². The van der Waals surface area contributed by atoms with Gasteiger partial charge in [0.2, 0.25) is 16.9 Å². The van der Waals surface area contributed by atoms with E-state index in [-0.39, 0.29) is 29.3 Å². The van der Waals surface area contributed by atoms with Crippen LogP contribution in [0.4, 0.5) is 18.3 Å². The van der Waals surface area contributed by atoms with E-state index in [0.29, 0.717) is 23.7 Å². The van der Waals surface area contributed by atoms with Crippen LogP contribution >= 0.6 is 11.3 Å². The number of nitrogens with zero attached hydrogens (tertiary/aromatic N) is 3.